The maximum absolute atomic E-state index is 13.2. The molecule has 9 heteroatoms. The third-order valence-corrected chi connectivity index (χ3v) is 8.81. The number of aromatic nitrogens is 2. The van der Waals surface area contributed by atoms with Crippen molar-refractivity contribution in [3.8, 4) is 0 Å². The van der Waals surface area contributed by atoms with Crippen molar-refractivity contribution in [2.45, 2.75) is 23.7 Å². The fourth-order valence-corrected chi connectivity index (χ4v) is 6.43. The molecule has 168 valence electrons. The van der Waals surface area contributed by atoms with Crippen molar-refractivity contribution in [1.29, 1.82) is 0 Å². The topological polar surface area (TPSA) is 92.3 Å². The SMILES string of the molecule is O=C(Nc1ccccc1)c1nnc(C2CCN(S(=O)(=O)c3ccc4ccccc4c3)CC2)s1. The summed E-state index contributed by atoms with van der Waals surface area (Å²) in [6.45, 7) is 0.815. The molecule has 0 bridgehead atoms. The predicted octanol–water partition coefficient (Wildman–Crippen LogP) is 4.51. The second-order valence-electron chi connectivity index (χ2n) is 7.95. The van der Waals surface area contributed by atoms with Gasteiger partial charge in [-0.25, -0.2) is 8.42 Å². The molecule has 1 aliphatic heterocycles. The van der Waals surface area contributed by atoms with Gasteiger partial charge in [-0.3, -0.25) is 4.79 Å². The first-order valence-electron chi connectivity index (χ1n) is 10.7. The van der Waals surface area contributed by atoms with Gasteiger partial charge in [0.2, 0.25) is 15.0 Å². The van der Waals surface area contributed by atoms with E-state index in [0.29, 0.717) is 41.5 Å². The van der Waals surface area contributed by atoms with Crippen LogP contribution in [0, 0.1) is 0 Å². The van der Waals surface area contributed by atoms with Crippen LogP contribution in [-0.4, -0.2) is 41.9 Å². The number of fused-ring (bicyclic) bond motifs is 1. The summed E-state index contributed by atoms with van der Waals surface area (Å²) in [7, 11) is -3.57. The number of nitrogens with one attached hydrogen (secondary N) is 1. The number of hydrogen-bond acceptors (Lipinski definition) is 6. The number of sulfonamides is 1. The van der Waals surface area contributed by atoms with E-state index >= 15 is 0 Å². The summed E-state index contributed by atoms with van der Waals surface area (Å²) in [6.07, 6.45) is 1.28. The Kier molecular flexibility index (Phi) is 5.92. The minimum atomic E-state index is -3.57. The Morgan fingerprint density at radius 2 is 1.61 bits per heavy atom. The Bertz CT molecular complexity index is 1400. The molecule has 4 aromatic rings. The fourth-order valence-electron chi connectivity index (χ4n) is 4.02. The highest BCUT2D eigenvalue weighted by atomic mass is 32.2. The maximum atomic E-state index is 13.2. The minimum absolute atomic E-state index is 0.0869. The number of hydrogen-bond donors (Lipinski definition) is 1. The van der Waals surface area contributed by atoms with Crippen LogP contribution in [-0.2, 0) is 10.0 Å². The molecular weight excluding hydrogens is 456 g/mol. The van der Waals surface area contributed by atoms with Crippen LogP contribution in [0.1, 0.15) is 33.6 Å². The standard InChI is InChI=1S/C24H22N4O3S2/c29-22(25-20-8-2-1-3-9-20)24-27-26-23(32-24)18-12-14-28(15-13-18)33(30,31)21-11-10-17-6-4-5-7-19(17)16-21/h1-11,16,18H,12-15H2,(H,25,29). The number of carbonyl (C=O) groups is 1. The van der Waals surface area contributed by atoms with Crippen LogP contribution in [0.15, 0.2) is 77.7 Å². The first kappa shape index (κ1) is 21.7. The summed E-state index contributed by atoms with van der Waals surface area (Å²) < 4.78 is 27.9. The van der Waals surface area contributed by atoms with Crippen molar-refractivity contribution in [3.05, 3.63) is 82.8 Å². The molecule has 7 nitrogen and oxygen atoms in total. The molecular formula is C24H22N4O3S2. The highest BCUT2D eigenvalue weighted by molar-refractivity contribution is 7.89. The van der Waals surface area contributed by atoms with Gasteiger partial charge in [0.1, 0.15) is 5.01 Å². The van der Waals surface area contributed by atoms with Crippen LogP contribution in [0.2, 0.25) is 0 Å². The number of amides is 1. The van der Waals surface area contributed by atoms with Crippen molar-refractivity contribution in [3.63, 3.8) is 0 Å². The zero-order valence-corrected chi connectivity index (χ0v) is 19.3. The Hall–Kier alpha value is -3.14. The molecule has 3 aromatic carbocycles. The molecule has 0 spiro atoms. The zero-order valence-electron chi connectivity index (χ0n) is 17.7. The molecule has 0 saturated carbocycles. The van der Waals surface area contributed by atoms with Gasteiger partial charge < -0.3 is 5.32 Å². The average Bonchev–Trinajstić information content (AvgIpc) is 3.35. The molecule has 0 radical (unpaired) electrons. The van der Waals surface area contributed by atoms with Crippen molar-refractivity contribution in [2.24, 2.45) is 0 Å². The number of anilines is 1. The smallest absolute Gasteiger partial charge is 0.286 e. The largest absolute Gasteiger partial charge is 0.320 e. The number of nitrogens with zero attached hydrogens (tertiary/aromatic N) is 3. The van der Waals surface area contributed by atoms with E-state index in [9.17, 15) is 13.2 Å². The maximum Gasteiger partial charge on any atom is 0.286 e. The molecule has 0 unspecified atom stereocenters. The van der Waals surface area contributed by atoms with E-state index in [2.05, 4.69) is 15.5 Å². The second-order valence-corrected chi connectivity index (χ2v) is 10.9. The van der Waals surface area contributed by atoms with E-state index in [4.69, 9.17) is 0 Å². The van der Waals surface area contributed by atoms with Crippen LogP contribution >= 0.6 is 11.3 Å². The summed E-state index contributed by atoms with van der Waals surface area (Å²) in [5.74, 6) is -0.204. The summed E-state index contributed by atoms with van der Waals surface area (Å²) in [6, 6.07) is 22.2. The van der Waals surface area contributed by atoms with E-state index in [1.165, 1.54) is 15.6 Å². The van der Waals surface area contributed by atoms with Gasteiger partial charge in [-0.1, -0.05) is 59.9 Å². The van der Waals surface area contributed by atoms with Gasteiger partial charge in [0.15, 0.2) is 0 Å². The van der Waals surface area contributed by atoms with Crippen molar-refractivity contribution in [1.82, 2.24) is 14.5 Å². The van der Waals surface area contributed by atoms with E-state index in [-0.39, 0.29) is 11.8 Å². The Morgan fingerprint density at radius 1 is 0.909 bits per heavy atom. The molecule has 33 heavy (non-hydrogen) atoms. The van der Waals surface area contributed by atoms with E-state index in [0.717, 1.165) is 15.8 Å². The highest BCUT2D eigenvalue weighted by Gasteiger charge is 2.31. The van der Waals surface area contributed by atoms with Crippen LogP contribution < -0.4 is 5.32 Å². The van der Waals surface area contributed by atoms with Gasteiger partial charge >= 0.3 is 0 Å². The van der Waals surface area contributed by atoms with Gasteiger partial charge in [0.25, 0.3) is 5.91 Å². The summed E-state index contributed by atoms with van der Waals surface area (Å²) >= 11 is 1.27. The number of rotatable bonds is 5. The van der Waals surface area contributed by atoms with Crippen LogP contribution in [0.3, 0.4) is 0 Å². The molecule has 0 aliphatic carbocycles. The van der Waals surface area contributed by atoms with E-state index in [1.54, 1.807) is 12.1 Å². The molecule has 1 fully saturated rings. The lowest BCUT2D eigenvalue weighted by Gasteiger charge is -2.30. The van der Waals surface area contributed by atoms with Crippen molar-refractivity contribution < 1.29 is 13.2 Å². The van der Waals surface area contributed by atoms with Gasteiger partial charge in [0.05, 0.1) is 4.90 Å². The number of piperidine rings is 1. The Morgan fingerprint density at radius 3 is 2.36 bits per heavy atom. The van der Waals surface area contributed by atoms with Crippen molar-refractivity contribution >= 4 is 43.7 Å². The zero-order chi connectivity index (χ0) is 22.8. The van der Waals surface area contributed by atoms with Crippen LogP contribution in [0.4, 0.5) is 5.69 Å². The minimum Gasteiger partial charge on any atom is -0.320 e. The fraction of sp³-hybridized carbons (Fsp3) is 0.208. The Labute approximate surface area is 196 Å². The molecule has 0 atom stereocenters. The lowest BCUT2D eigenvalue weighted by Crippen LogP contribution is -2.37. The second kappa shape index (κ2) is 9.01. The van der Waals surface area contributed by atoms with E-state index < -0.39 is 10.0 Å². The lowest BCUT2D eigenvalue weighted by atomic mass is 9.99. The summed E-state index contributed by atoms with van der Waals surface area (Å²) in [5.41, 5.74) is 0.700. The third kappa shape index (κ3) is 4.52. The molecule has 1 saturated heterocycles. The normalized spacial score (nSPS) is 15.5. The molecule has 1 aromatic heterocycles. The first-order chi connectivity index (χ1) is 16.0. The van der Waals surface area contributed by atoms with Gasteiger partial charge in [-0.05, 0) is 47.9 Å². The van der Waals surface area contributed by atoms with E-state index in [1.807, 2.05) is 60.7 Å². The van der Waals surface area contributed by atoms with Gasteiger partial charge in [-0.2, -0.15) is 4.31 Å². The van der Waals surface area contributed by atoms with Crippen molar-refractivity contribution in [2.75, 3.05) is 18.4 Å². The summed E-state index contributed by atoms with van der Waals surface area (Å²) in [4.78, 5) is 12.8. The molecule has 1 N–H and O–H groups in total. The molecule has 5 rings (SSSR count). The molecule has 1 amide bonds. The summed E-state index contributed by atoms with van der Waals surface area (Å²) in [5, 5.41) is 14.1. The number of carbonyl (C=O) groups excluding carboxylic acids is 1. The van der Waals surface area contributed by atoms with Gasteiger partial charge in [-0.15, -0.1) is 10.2 Å². The third-order valence-electron chi connectivity index (χ3n) is 5.83. The predicted molar refractivity (Wildman–Crippen MR) is 129 cm³/mol. The monoisotopic (exact) mass is 478 g/mol. The number of para-hydroxylation sites is 1. The lowest BCUT2D eigenvalue weighted by molar-refractivity contribution is 0.102. The first-order valence-corrected chi connectivity index (χ1v) is 12.9. The van der Waals surface area contributed by atoms with Crippen LogP contribution in [0.5, 0.6) is 0 Å². The molecule has 2 heterocycles. The number of benzene rings is 3. The van der Waals surface area contributed by atoms with Crippen LogP contribution in [0.25, 0.3) is 10.8 Å². The molecule has 1 aliphatic rings. The van der Waals surface area contributed by atoms with Gasteiger partial charge in [0, 0.05) is 24.7 Å². The Balaban J connectivity index is 1.25. The highest BCUT2D eigenvalue weighted by Crippen LogP contribution is 2.33. The average molecular weight is 479 g/mol. The quantitative estimate of drug-likeness (QED) is 0.456.